The first kappa shape index (κ1) is 12.5. The Kier molecular flexibility index (Phi) is 2.79. The number of nitrogens with zero attached hydrogens (tertiary/aromatic N) is 2. The Morgan fingerprint density at radius 1 is 1.14 bits per heavy atom. The van der Waals surface area contributed by atoms with Crippen LogP contribution in [0.15, 0.2) is 36.4 Å². The molecule has 0 aliphatic carbocycles. The molecule has 0 saturated heterocycles. The second-order valence-corrected chi connectivity index (χ2v) is 5.25. The summed E-state index contributed by atoms with van der Waals surface area (Å²) in [4.78, 5) is 8.65. The molecule has 1 aliphatic rings. The van der Waals surface area contributed by atoms with Crippen LogP contribution in [-0.2, 0) is 6.42 Å². The molecule has 0 unspecified atom stereocenters. The van der Waals surface area contributed by atoms with Crippen LogP contribution in [0.25, 0.3) is 22.3 Å². The van der Waals surface area contributed by atoms with E-state index in [0.29, 0.717) is 17.9 Å². The van der Waals surface area contributed by atoms with E-state index in [0.717, 1.165) is 23.3 Å². The summed E-state index contributed by atoms with van der Waals surface area (Å²) in [5.74, 6) is 0.982. The van der Waals surface area contributed by atoms with Gasteiger partial charge in [0.25, 0.3) is 0 Å². The molecular weight excluding hydrogens is 291 g/mol. The summed E-state index contributed by atoms with van der Waals surface area (Å²) in [6.07, 6.45) is 0.874. The van der Waals surface area contributed by atoms with Crippen LogP contribution >= 0.6 is 11.6 Å². The highest BCUT2D eigenvalue weighted by molar-refractivity contribution is 6.34. The van der Waals surface area contributed by atoms with Gasteiger partial charge in [0.05, 0.1) is 17.5 Å². The minimum Gasteiger partial charge on any atom is -0.493 e. The van der Waals surface area contributed by atoms with Crippen LogP contribution in [0.2, 0.25) is 5.15 Å². The van der Waals surface area contributed by atoms with Crippen LogP contribution in [-0.4, -0.2) is 16.6 Å². The van der Waals surface area contributed by atoms with Gasteiger partial charge in [0.1, 0.15) is 16.7 Å². The number of hydrogen-bond donors (Lipinski definition) is 0. The summed E-state index contributed by atoms with van der Waals surface area (Å²) in [6.45, 7) is 0.698. The molecule has 0 saturated carbocycles. The molecule has 21 heavy (non-hydrogen) atoms. The summed E-state index contributed by atoms with van der Waals surface area (Å²) in [6, 6.07) is 10.5. The van der Waals surface area contributed by atoms with E-state index in [2.05, 4.69) is 9.97 Å². The lowest BCUT2D eigenvalue weighted by Crippen LogP contribution is -1.94. The van der Waals surface area contributed by atoms with Gasteiger partial charge in [0.15, 0.2) is 5.82 Å². The second-order valence-electron chi connectivity index (χ2n) is 4.89. The standard InChI is InChI=1S/C16H10ClFN2O/c17-15-14-11(18)2-1-3-12(14)19-16(20-15)10-4-5-13-9(8-10)6-7-21-13/h1-5,8H,6-7H2. The summed E-state index contributed by atoms with van der Waals surface area (Å²) >= 11 is 6.12. The molecule has 0 fully saturated rings. The minimum absolute atomic E-state index is 0.129. The lowest BCUT2D eigenvalue weighted by molar-refractivity contribution is 0.357. The van der Waals surface area contributed by atoms with Crippen molar-refractivity contribution in [3.05, 3.63) is 52.9 Å². The highest BCUT2D eigenvalue weighted by atomic mass is 35.5. The van der Waals surface area contributed by atoms with E-state index in [1.165, 1.54) is 6.07 Å². The number of ether oxygens (including phenoxy) is 1. The third-order valence-electron chi connectivity index (χ3n) is 3.58. The van der Waals surface area contributed by atoms with Gasteiger partial charge in [-0.15, -0.1) is 0 Å². The van der Waals surface area contributed by atoms with E-state index in [4.69, 9.17) is 16.3 Å². The van der Waals surface area contributed by atoms with E-state index in [9.17, 15) is 4.39 Å². The minimum atomic E-state index is -0.411. The first-order valence-corrected chi connectivity index (χ1v) is 6.98. The molecule has 5 heteroatoms. The van der Waals surface area contributed by atoms with Gasteiger partial charge in [0, 0.05) is 12.0 Å². The Morgan fingerprint density at radius 3 is 2.95 bits per heavy atom. The Labute approximate surface area is 125 Å². The van der Waals surface area contributed by atoms with Crippen molar-refractivity contribution in [2.24, 2.45) is 0 Å². The van der Waals surface area contributed by atoms with Crippen molar-refractivity contribution < 1.29 is 9.13 Å². The molecule has 3 aromatic rings. The van der Waals surface area contributed by atoms with Crippen molar-refractivity contribution in [3.8, 4) is 17.1 Å². The van der Waals surface area contributed by atoms with Crippen molar-refractivity contribution in [3.63, 3.8) is 0 Å². The average molecular weight is 301 g/mol. The van der Waals surface area contributed by atoms with Crippen molar-refractivity contribution in [2.75, 3.05) is 6.61 Å². The maximum Gasteiger partial charge on any atom is 0.161 e. The van der Waals surface area contributed by atoms with E-state index < -0.39 is 5.82 Å². The van der Waals surface area contributed by atoms with Gasteiger partial charge in [-0.1, -0.05) is 17.7 Å². The van der Waals surface area contributed by atoms with Gasteiger partial charge in [-0.2, -0.15) is 0 Å². The maximum absolute atomic E-state index is 13.8. The summed E-state index contributed by atoms with van der Waals surface area (Å²) in [5.41, 5.74) is 2.49. The smallest absolute Gasteiger partial charge is 0.161 e. The van der Waals surface area contributed by atoms with Crippen molar-refractivity contribution in [2.45, 2.75) is 6.42 Å². The topological polar surface area (TPSA) is 35.0 Å². The van der Waals surface area contributed by atoms with Crippen LogP contribution in [0.1, 0.15) is 5.56 Å². The predicted octanol–water partition coefficient (Wildman–Crippen LogP) is 4.02. The van der Waals surface area contributed by atoms with Gasteiger partial charge >= 0.3 is 0 Å². The lowest BCUT2D eigenvalue weighted by Gasteiger charge is -2.06. The molecule has 0 atom stereocenters. The molecule has 0 bridgehead atoms. The second kappa shape index (κ2) is 4.67. The lowest BCUT2D eigenvalue weighted by atomic mass is 10.1. The molecular formula is C16H10ClFN2O. The van der Waals surface area contributed by atoms with Crippen molar-refractivity contribution >= 4 is 22.5 Å². The van der Waals surface area contributed by atoms with Crippen LogP contribution in [0, 0.1) is 5.82 Å². The maximum atomic E-state index is 13.8. The Balaban J connectivity index is 1.91. The van der Waals surface area contributed by atoms with Gasteiger partial charge in [-0.3, -0.25) is 0 Å². The molecule has 104 valence electrons. The fourth-order valence-electron chi connectivity index (χ4n) is 2.55. The molecule has 0 radical (unpaired) electrons. The van der Waals surface area contributed by atoms with Crippen LogP contribution in [0.3, 0.4) is 0 Å². The summed E-state index contributed by atoms with van der Waals surface area (Å²) in [5, 5.41) is 0.386. The third kappa shape index (κ3) is 2.03. The molecule has 4 rings (SSSR count). The molecule has 1 aliphatic heterocycles. The number of aromatic nitrogens is 2. The van der Waals surface area contributed by atoms with E-state index >= 15 is 0 Å². The van der Waals surface area contributed by atoms with Crippen molar-refractivity contribution in [1.29, 1.82) is 0 Å². The fourth-order valence-corrected chi connectivity index (χ4v) is 2.82. The zero-order valence-corrected chi connectivity index (χ0v) is 11.7. The third-order valence-corrected chi connectivity index (χ3v) is 3.85. The largest absolute Gasteiger partial charge is 0.493 e. The normalized spacial score (nSPS) is 13.2. The molecule has 1 aromatic heterocycles. The van der Waals surface area contributed by atoms with Gasteiger partial charge in [-0.05, 0) is 35.9 Å². The number of rotatable bonds is 1. The fraction of sp³-hybridized carbons (Fsp3) is 0.125. The van der Waals surface area contributed by atoms with Gasteiger partial charge in [0.2, 0.25) is 0 Å². The molecule has 0 spiro atoms. The summed E-state index contributed by atoms with van der Waals surface area (Å²) < 4.78 is 19.3. The first-order chi connectivity index (χ1) is 10.2. The number of hydrogen-bond acceptors (Lipinski definition) is 3. The van der Waals surface area contributed by atoms with Crippen LogP contribution < -0.4 is 4.74 Å². The Bertz CT molecular complexity index is 866. The Hall–Kier alpha value is -2.20. The molecule has 3 nitrogen and oxygen atoms in total. The van der Waals surface area contributed by atoms with E-state index in [1.54, 1.807) is 12.1 Å². The number of fused-ring (bicyclic) bond motifs is 2. The SMILES string of the molecule is Fc1cccc2nc(-c3ccc4c(c3)CCO4)nc(Cl)c12. The van der Waals surface area contributed by atoms with Gasteiger partial charge in [-0.25, -0.2) is 14.4 Å². The van der Waals surface area contributed by atoms with Gasteiger partial charge < -0.3 is 4.74 Å². The van der Waals surface area contributed by atoms with E-state index in [1.807, 2.05) is 18.2 Å². The zero-order valence-electron chi connectivity index (χ0n) is 10.9. The number of halogens is 2. The quantitative estimate of drug-likeness (QED) is 0.637. The van der Waals surface area contributed by atoms with E-state index in [-0.39, 0.29) is 10.5 Å². The van der Waals surface area contributed by atoms with Crippen molar-refractivity contribution in [1.82, 2.24) is 9.97 Å². The predicted molar refractivity (Wildman–Crippen MR) is 79.1 cm³/mol. The molecule has 2 aromatic carbocycles. The molecule has 0 amide bonds. The monoisotopic (exact) mass is 300 g/mol. The average Bonchev–Trinajstić information content (AvgIpc) is 2.94. The first-order valence-electron chi connectivity index (χ1n) is 6.60. The highest BCUT2D eigenvalue weighted by Crippen LogP contribution is 2.31. The molecule has 0 N–H and O–H groups in total. The Morgan fingerprint density at radius 2 is 2.05 bits per heavy atom. The highest BCUT2D eigenvalue weighted by Gasteiger charge is 2.15. The molecule has 2 heterocycles. The number of benzene rings is 2. The zero-order chi connectivity index (χ0) is 14.4. The van der Waals surface area contributed by atoms with Crippen LogP contribution in [0.4, 0.5) is 4.39 Å². The summed E-state index contributed by atoms with van der Waals surface area (Å²) in [7, 11) is 0. The van der Waals surface area contributed by atoms with Crippen LogP contribution in [0.5, 0.6) is 5.75 Å².